The summed E-state index contributed by atoms with van der Waals surface area (Å²) in [6, 6.07) is 9.25. The number of aliphatic carboxylic acids is 1. The van der Waals surface area contributed by atoms with Crippen molar-refractivity contribution in [2.75, 3.05) is 6.54 Å². The van der Waals surface area contributed by atoms with Crippen LogP contribution >= 0.6 is 0 Å². The maximum Gasteiger partial charge on any atom is 0.323 e. The summed E-state index contributed by atoms with van der Waals surface area (Å²) in [7, 11) is 0. The average Bonchev–Trinajstić information content (AvgIpc) is 2.78. The molecule has 0 bridgehead atoms. The van der Waals surface area contributed by atoms with Gasteiger partial charge in [0.25, 0.3) is 5.91 Å². The van der Waals surface area contributed by atoms with Gasteiger partial charge in [0.05, 0.1) is 5.70 Å². The zero-order chi connectivity index (χ0) is 22.8. The molecule has 2 aromatic rings. The Balaban J connectivity index is 2.28. The summed E-state index contributed by atoms with van der Waals surface area (Å²) in [5.41, 5.74) is 3.65. The third kappa shape index (κ3) is 6.92. The number of carbonyl (C=O) groups excluding carboxylic acids is 2. The molecule has 0 spiro atoms. The van der Waals surface area contributed by atoms with Crippen molar-refractivity contribution in [2.24, 2.45) is 0 Å². The second kappa shape index (κ2) is 11.4. The van der Waals surface area contributed by atoms with Crippen LogP contribution in [0.3, 0.4) is 0 Å². The quantitative estimate of drug-likeness (QED) is 0.447. The van der Waals surface area contributed by atoms with Gasteiger partial charge >= 0.3 is 5.97 Å². The highest BCUT2D eigenvalue weighted by Crippen LogP contribution is 2.25. The molecular formula is C24H27N3O4. The summed E-state index contributed by atoms with van der Waals surface area (Å²) in [6.45, 7) is 5.52. The van der Waals surface area contributed by atoms with E-state index in [9.17, 15) is 14.4 Å². The minimum atomic E-state index is -1.16. The molecule has 2 N–H and O–H groups in total. The Kier molecular flexibility index (Phi) is 8.69. The van der Waals surface area contributed by atoms with Gasteiger partial charge in [-0.25, -0.2) is 0 Å². The lowest BCUT2D eigenvalue weighted by Gasteiger charge is -2.13. The minimum absolute atomic E-state index is 0.298. The van der Waals surface area contributed by atoms with Gasteiger partial charge < -0.3 is 15.3 Å². The van der Waals surface area contributed by atoms with Gasteiger partial charge in [0, 0.05) is 29.7 Å². The van der Waals surface area contributed by atoms with Gasteiger partial charge in [-0.3, -0.25) is 19.4 Å². The number of carbonyl (C=O) groups is 3. The normalized spacial score (nSPS) is 12.4. The highest BCUT2D eigenvalue weighted by molar-refractivity contribution is 5.96. The van der Waals surface area contributed by atoms with Crippen LogP contribution in [0.15, 0.2) is 66.8 Å². The molecule has 1 heterocycles. The first-order valence-corrected chi connectivity index (χ1v) is 10.0. The fourth-order valence-electron chi connectivity index (χ4n) is 2.91. The van der Waals surface area contributed by atoms with Gasteiger partial charge in [-0.15, -0.1) is 0 Å². The molecular weight excluding hydrogens is 394 g/mol. The van der Waals surface area contributed by atoms with E-state index in [0.29, 0.717) is 23.6 Å². The fraction of sp³-hybridized carbons (Fsp3) is 0.250. The van der Waals surface area contributed by atoms with E-state index in [2.05, 4.69) is 30.2 Å². The smallest absolute Gasteiger partial charge is 0.323 e. The van der Waals surface area contributed by atoms with Crippen molar-refractivity contribution in [1.29, 1.82) is 0 Å². The number of nitrogens with zero attached hydrogens (tertiary/aromatic N) is 2. The number of pyridine rings is 1. The Hall–Kier alpha value is -3.74. The van der Waals surface area contributed by atoms with Gasteiger partial charge in [-0.2, -0.15) is 0 Å². The summed E-state index contributed by atoms with van der Waals surface area (Å²) in [5, 5.41) is 11.6. The van der Waals surface area contributed by atoms with Crippen LogP contribution in [0.25, 0.3) is 11.1 Å². The average molecular weight is 421 g/mol. The number of hydrogen-bond acceptors (Lipinski definition) is 4. The monoisotopic (exact) mass is 421 g/mol. The third-order valence-electron chi connectivity index (χ3n) is 4.76. The largest absolute Gasteiger partial charge is 0.480 e. The highest BCUT2D eigenvalue weighted by Gasteiger charge is 2.12. The number of aromatic nitrogens is 1. The van der Waals surface area contributed by atoms with Crippen LogP contribution in [0.1, 0.15) is 49.0 Å². The Labute approximate surface area is 182 Å². The molecule has 1 unspecified atom stereocenters. The molecule has 0 aliphatic heterocycles. The lowest BCUT2D eigenvalue weighted by molar-refractivity contribution is -0.139. The topological polar surface area (TPSA) is 99.6 Å². The number of rotatable bonds is 10. The summed E-state index contributed by atoms with van der Waals surface area (Å²) in [5.74, 6) is -1.15. The van der Waals surface area contributed by atoms with Crippen LogP contribution in [0.2, 0.25) is 0 Å². The van der Waals surface area contributed by atoms with Gasteiger partial charge in [-0.1, -0.05) is 32.1 Å². The van der Waals surface area contributed by atoms with E-state index in [4.69, 9.17) is 5.11 Å². The van der Waals surface area contributed by atoms with Crippen molar-refractivity contribution < 1.29 is 19.5 Å². The summed E-state index contributed by atoms with van der Waals surface area (Å²) < 4.78 is 0. The number of allylic oxidation sites excluding steroid dienone is 2. The van der Waals surface area contributed by atoms with Crippen molar-refractivity contribution in [3.8, 4) is 11.1 Å². The molecule has 31 heavy (non-hydrogen) atoms. The van der Waals surface area contributed by atoms with Crippen LogP contribution in [0, 0.1) is 0 Å². The number of carboxylic acid groups (broad SMARTS) is 1. The van der Waals surface area contributed by atoms with Crippen molar-refractivity contribution in [1.82, 2.24) is 15.2 Å². The molecule has 2 amide bonds. The molecule has 0 aliphatic carbocycles. The molecule has 7 nitrogen and oxygen atoms in total. The maximum absolute atomic E-state index is 12.8. The summed E-state index contributed by atoms with van der Waals surface area (Å²) in [4.78, 5) is 40.1. The van der Waals surface area contributed by atoms with Crippen LogP contribution < -0.4 is 5.32 Å². The SMILES string of the molecule is C/C=C\C(=C/N(C=O)CC(=O)O)NC(=O)c1cccc(-c2cncc(C(C)CC)c2)c1. The maximum atomic E-state index is 12.8. The third-order valence-corrected chi connectivity index (χ3v) is 4.76. The first kappa shape index (κ1) is 23.5. The van der Waals surface area contributed by atoms with Crippen molar-refractivity contribution in [2.45, 2.75) is 33.1 Å². The van der Waals surface area contributed by atoms with E-state index >= 15 is 0 Å². The zero-order valence-corrected chi connectivity index (χ0v) is 17.9. The fourth-order valence-corrected chi connectivity index (χ4v) is 2.91. The standard InChI is InChI=1S/C24H27N3O4/c1-4-7-22(14-27(16-28)15-23(29)30)26-24(31)19-9-6-8-18(10-19)21-11-20(12-25-13-21)17(3)5-2/h4,6-14,16-17H,5,15H2,1-3H3,(H,26,31)(H,29,30)/b7-4-,22-14+. The molecule has 162 valence electrons. The molecule has 1 aromatic heterocycles. The molecule has 0 saturated heterocycles. The van der Waals surface area contributed by atoms with E-state index < -0.39 is 12.5 Å². The molecule has 0 radical (unpaired) electrons. The lowest BCUT2D eigenvalue weighted by Crippen LogP contribution is -2.28. The van der Waals surface area contributed by atoms with Crippen LogP contribution in [-0.2, 0) is 9.59 Å². The molecule has 1 atom stereocenters. The number of hydrogen-bond donors (Lipinski definition) is 2. The second-order valence-corrected chi connectivity index (χ2v) is 7.11. The molecule has 1 aromatic carbocycles. The summed E-state index contributed by atoms with van der Waals surface area (Å²) in [6.07, 6.45) is 9.57. The van der Waals surface area contributed by atoms with Gasteiger partial charge in [-0.05, 0) is 54.7 Å². The summed E-state index contributed by atoms with van der Waals surface area (Å²) >= 11 is 0. The highest BCUT2D eigenvalue weighted by atomic mass is 16.4. The van der Waals surface area contributed by atoms with Crippen molar-refractivity contribution >= 4 is 18.3 Å². The Morgan fingerprint density at radius 2 is 2.00 bits per heavy atom. The number of amides is 2. The molecule has 0 saturated carbocycles. The van der Waals surface area contributed by atoms with Crippen LogP contribution in [-0.4, -0.2) is 39.8 Å². The van der Waals surface area contributed by atoms with E-state index in [1.165, 1.54) is 6.20 Å². The Morgan fingerprint density at radius 1 is 1.23 bits per heavy atom. The molecule has 2 rings (SSSR count). The zero-order valence-electron chi connectivity index (χ0n) is 17.9. The Morgan fingerprint density at radius 3 is 2.65 bits per heavy atom. The van der Waals surface area contributed by atoms with Gasteiger partial charge in [0.2, 0.25) is 6.41 Å². The lowest BCUT2D eigenvalue weighted by atomic mass is 9.96. The first-order valence-electron chi connectivity index (χ1n) is 10.0. The molecule has 0 fully saturated rings. The molecule has 0 aliphatic rings. The second-order valence-electron chi connectivity index (χ2n) is 7.11. The van der Waals surface area contributed by atoms with E-state index in [0.717, 1.165) is 28.0 Å². The van der Waals surface area contributed by atoms with E-state index in [1.807, 2.05) is 12.3 Å². The minimum Gasteiger partial charge on any atom is -0.480 e. The van der Waals surface area contributed by atoms with Gasteiger partial charge in [0.1, 0.15) is 6.54 Å². The number of nitrogens with one attached hydrogen (secondary N) is 1. The first-order chi connectivity index (χ1) is 14.9. The number of carboxylic acids is 1. The van der Waals surface area contributed by atoms with Crippen molar-refractivity contribution in [3.05, 3.63) is 77.9 Å². The van der Waals surface area contributed by atoms with Crippen LogP contribution in [0.4, 0.5) is 0 Å². The van der Waals surface area contributed by atoms with Crippen molar-refractivity contribution in [3.63, 3.8) is 0 Å². The Bertz CT molecular complexity index is 998. The predicted molar refractivity (Wildman–Crippen MR) is 119 cm³/mol. The van der Waals surface area contributed by atoms with Crippen LogP contribution in [0.5, 0.6) is 0 Å². The van der Waals surface area contributed by atoms with E-state index in [1.54, 1.807) is 43.5 Å². The van der Waals surface area contributed by atoms with E-state index in [-0.39, 0.29) is 5.91 Å². The number of benzene rings is 1. The molecule has 7 heteroatoms. The van der Waals surface area contributed by atoms with Gasteiger partial charge in [0.15, 0.2) is 0 Å². The predicted octanol–water partition coefficient (Wildman–Crippen LogP) is 3.95.